The van der Waals surface area contributed by atoms with Crippen molar-refractivity contribution in [3.05, 3.63) is 148 Å². The summed E-state index contributed by atoms with van der Waals surface area (Å²) < 4.78 is 55.0. The highest BCUT2D eigenvalue weighted by molar-refractivity contribution is 8.01. The first kappa shape index (κ1) is 82.7. The number of fused-ring (bicyclic) bond motifs is 1. The highest BCUT2D eigenvalue weighted by Gasteiger charge is 2.64. The van der Waals surface area contributed by atoms with Crippen molar-refractivity contribution in [2.75, 3.05) is 51.6 Å². The molecular formula is C73H80N10O25S. The second-order valence-electron chi connectivity index (χ2n) is 24.7. The summed E-state index contributed by atoms with van der Waals surface area (Å²) in [6, 6.07) is 20.1. The summed E-state index contributed by atoms with van der Waals surface area (Å²) in [7, 11) is 0. The molecule has 7 N–H and O–H groups in total. The fourth-order valence-electron chi connectivity index (χ4n) is 11.2. The average molecular weight is 1530 g/mol. The van der Waals surface area contributed by atoms with Gasteiger partial charge in [-0.05, 0) is 72.5 Å². The van der Waals surface area contributed by atoms with Gasteiger partial charge in [0.25, 0.3) is 17.7 Å². The Morgan fingerprint density at radius 1 is 0.541 bits per heavy atom. The standard InChI is InChI=1S/C73H80N10O25S/c1-40(84)103-54-20-12-17-51(62(54)106-43(4)87)66(92)74-35-46-33-48(36-75-67(93)52-18-13-21-55(104-41(2)85)63(52)107-44(5)88)59(49(34-46)37-76-68(94)53-19-14-22-56(105-42(3)86)64(53)108-45(6)89)77-58(91)24-26-99-27-28-100-29-30-101-31-32-102-39-50-38-82(81-80-50)25-23-57(90)78-60(47-15-10-9-11-16-47)69(95)79-61-70(96)83-65(72(97)98)73(7,8)109-71(61)83/h9-22,33-34,38,60-61,65,71H,23-32,35-37,39H2,1-8H3,(H,74,92)(H,75,93)(H,76,94)(H,77,91)(H,78,90)(H,79,95)(H,97,98)/t60-,61-,65+,71-/m1/s1. The van der Waals surface area contributed by atoms with Crippen LogP contribution < -0.4 is 60.3 Å². The number of aliphatic carboxylic acids is 1. The molecule has 0 radical (unpaired) electrons. The smallest absolute Gasteiger partial charge is 0.327 e. The SMILES string of the molecule is CC(=O)Oc1cccc(C(=O)NCc2cc(CNC(=O)c3cccc(OC(C)=O)c3OC(C)=O)c(NC(=O)CCOCCOCCOCCOCc3cn(CCC(=O)N[C@@H](C(=O)N[C@@H]4C(=O)N5[C@@H]4SC(C)(C)[C@@H]5C(=O)O)c4ccccc4)nn3)c(CNC(=O)c3cccc(OC(C)=O)c3OC(C)=O)c2)c1OC(C)=O. The number of carboxylic acids is 1. The van der Waals surface area contributed by atoms with Crippen LogP contribution in [0, 0.1) is 0 Å². The van der Waals surface area contributed by atoms with E-state index >= 15 is 0 Å². The van der Waals surface area contributed by atoms with Gasteiger partial charge in [0.15, 0.2) is 34.5 Å². The molecular weight excluding hydrogens is 1450 g/mol. The molecule has 0 aliphatic carbocycles. The van der Waals surface area contributed by atoms with Gasteiger partial charge in [0, 0.05) is 72.3 Å². The number of carbonyl (C=O) groups is 14. The summed E-state index contributed by atoms with van der Waals surface area (Å²) in [5, 5.41) is 33.8. The lowest BCUT2D eigenvalue weighted by Gasteiger charge is -2.44. The lowest BCUT2D eigenvalue weighted by atomic mass is 9.95. The van der Waals surface area contributed by atoms with Gasteiger partial charge in [-0.2, -0.15) is 0 Å². The van der Waals surface area contributed by atoms with Crippen LogP contribution in [0.15, 0.2) is 103 Å². The normalized spacial score (nSPS) is 14.8. The number of nitrogens with one attached hydrogen (secondary N) is 6. The largest absolute Gasteiger partial charge is 0.480 e. The number of β-lactam (4-membered cyclic amide) rings is 1. The quantitative estimate of drug-likeness (QED) is 0.0124. The fourth-order valence-corrected chi connectivity index (χ4v) is 12.9. The third kappa shape index (κ3) is 23.5. The highest BCUT2D eigenvalue weighted by Crippen LogP contribution is 2.51. The summed E-state index contributed by atoms with van der Waals surface area (Å²) in [4.78, 5) is 183. The van der Waals surface area contributed by atoms with Crippen molar-refractivity contribution in [3.8, 4) is 34.5 Å². The summed E-state index contributed by atoms with van der Waals surface area (Å²) in [6.07, 6.45) is 1.24. The first-order valence-corrected chi connectivity index (χ1v) is 34.7. The Hall–Kier alpha value is -12.0. The molecule has 578 valence electrons. The molecule has 1 aromatic heterocycles. The Labute approximate surface area is 627 Å². The van der Waals surface area contributed by atoms with Crippen molar-refractivity contribution in [1.29, 1.82) is 0 Å². The molecule has 35 nitrogen and oxygen atoms in total. The fraction of sp³-hybridized carbons (Fsp3) is 0.370. The lowest BCUT2D eigenvalue weighted by Crippen LogP contribution is -2.71. The van der Waals surface area contributed by atoms with Gasteiger partial charge < -0.3 is 89.3 Å². The molecule has 36 heteroatoms. The number of nitrogens with zero attached hydrogens (tertiary/aromatic N) is 4. The summed E-state index contributed by atoms with van der Waals surface area (Å²) in [5.74, 6) is -12.9. The van der Waals surface area contributed by atoms with Gasteiger partial charge in [0.05, 0.1) is 94.4 Å². The van der Waals surface area contributed by atoms with Gasteiger partial charge in [-0.3, -0.25) is 67.0 Å². The number of aromatic nitrogens is 3. The number of esters is 6. The van der Waals surface area contributed by atoms with E-state index in [1.165, 1.54) is 88.1 Å². The molecule has 0 bridgehead atoms. The zero-order chi connectivity index (χ0) is 79.1. The molecule has 2 fully saturated rings. The molecule has 0 saturated carbocycles. The zero-order valence-corrected chi connectivity index (χ0v) is 61.3. The molecule has 6 aromatic rings. The molecule has 2 aliphatic rings. The van der Waals surface area contributed by atoms with Crippen LogP contribution in [0.1, 0.15) is 133 Å². The van der Waals surface area contributed by atoms with E-state index in [0.29, 0.717) is 11.3 Å². The molecule has 0 spiro atoms. The van der Waals surface area contributed by atoms with E-state index in [0.717, 1.165) is 41.5 Å². The third-order valence-electron chi connectivity index (χ3n) is 15.8. The van der Waals surface area contributed by atoms with Gasteiger partial charge >= 0.3 is 41.8 Å². The van der Waals surface area contributed by atoms with E-state index in [1.54, 1.807) is 50.4 Å². The number of hydrogen-bond donors (Lipinski definition) is 7. The Morgan fingerprint density at radius 3 is 1.45 bits per heavy atom. The van der Waals surface area contributed by atoms with Gasteiger partial charge in [-0.25, -0.2) is 4.79 Å². The van der Waals surface area contributed by atoms with Crippen LogP contribution in [0.4, 0.5) is 5.69 Å². The van der Waals surface area contributed by atoms with Crippen LogP contribution in [0.3, 0.4) is 0 Å². The van der Waals surface area contributed by atoms with Gasteiger partial charge in [-0.15, -0.1) is 16.9 Å². The number of carbonyl (C=O) groups excluding carboxylic acids is 13. The maximum Gasteiger partial charge on any atom is 0.327 e. The van der Waals surface area contributed by atoms with Crippen LogP contribution in [0.5, 0.6) is 34.5 Å². The Morgan fingerprint density at radius 2 is 0.991 bits per heavy atom. The minimum absolute atomic E-state index is 0.0166. The lowest BCUT2D eigenvalue weighted by molar-refractivity contribution is -0.161. The predicted molar refractivity (Wildman–Crippen MR) is 380 cm³/mol. The number of benzene rings is 5. The van der Waals surface area contributed by atoms with Crippen LogP contribution in [-0.2, 0) is 104 Å². The van der Waals surface area contributed by atoms with Crippen LogP contribution in [-0.4, -0.2) is 177 Å². The van der Waals surface area contributed by atoms with Crippen LogP contribution in [0.25, 0.3) is 0 Å². The van der Waals surface area contributed by atoms with Crippen molar-refractivity contribution in [3.63, 3.8) is 0 Å². The van der Waals surface area contributed by atoms with Crippen molar-refractivity contribution in [1.82, 2.24) is 46.5 Å². The second kappa shape index (κ2) is 39.0. The topological polar surface area (TPSA) is 458 Å². The second-order valence-corrected chi connectivity index (χ2v) is 26.5. The molecule has 109 heavy (non-hydrogen) atoms. The van der Waals surface area contributed by atoms with E-state index in [1.807, 2.05) is 0 Å². The van der Waals surface area contributed by atoms with Gasteiger partial charge in [0.1, 0.15) is 29.2 Å². The number of thioether (sulfide) groups is 1. The minimum atomic E-state index is -1.16. The average Bonchev–Trinajstić information content (AvgIpc) is 1.56. The number of anilines is 1. The molecule has 7 amide bonds. The Kier molecular flexibility index (Phi) is 29.6. The number of ether oxygens (including phenoxy) is 10. The number of aryl methyl sites for hydroxylation is 1. The van der Waals surface area contributed by atoms with Crippen LogP contribution >= 0.6 is 11.8 Å². The zero-order valence-electron chi connectivity index (χ0n) is 60.5. The summed E-state index contributed by atoms with van der Waals surface area (Å²) in [6.45, 7) is 9.59. The number of rotatable bonds is 38. The summed E-state index contributed by atoms with van der Waals surface area (Å²) in [5.41, 5.74) is 0.753. The maximum absolute atomic E-state index is 14.2. The Bertz CT molecular complexity index is 4320. The number of amides is 7. The van der Waals surface area contributed by atoms with E-state index in [4.69, 9.17) is 47.4 Å². The maximum atomic E-state index is 14.2. The number of hydrogen-bond acceptors (Lipinski definition) is 27. The van der Waals surface area contributed by atoms with E-state index in [-0.39, 0.29) is 141 Å². The minimum Gasteiger partial charge on any atom is -0.480 e. The first-order chi connectivity index (χ1) is 52.0. The van der Waals surface area contributed by atoms with E-state index in [2.05, 4.69) is 42.2 Å². The molecule has 2 aliphatic heterocycles. The molecule has 2 saturated heterocycles. The van der Waals surface area contributed by atoms with Crippen molar-refractivity contribution in [2.24, 2.45) is 0 Å². The van der Waals surface area contributed by atoms with Gasteiger partial charge in [0.2, 0.25) is 23.6 Å². The highest BCUT2D eigenvalue weighted by atomic mass is 32.2. The molecule has 0 unspecified atom stereocenters. The number of carboxylic acid groups (broad SMARTS) is 1. The van der Waals surface area contributed by atoms with E-state index in [9.17, 15) is 72.2 Å². The Balaban J connectivity index is 0.858. The predicted octanol–water partition coefficient (Wildman–Crippen LogP) is 4.09. The first-order valence-electron chi connectivity index (χ1n) is 33.8. The molecule has 5 aromatic carbocycles. The van der Waals surface area contributed by atoms with Crippen LogP contribution in [0.2, 0.25) is 0 Å². The van der Waals surface area contributed by atoms with Crippen molar-refractivity contribution < 1.29 is 120 Å². The monoisotopic (exact) mass is 1530 g/mol. The molecule has 3 heterocycles. The summed E-state index contributed by atoms with van der Waals surface area (Å²) >= 11 is 1.29. The third-order valence-corrected chi connectivity index (χ3v) is 17.4. The van der Waals surface area contributed by atoms with Crippen molar-refractivity contribution >= 4 is 101 Å². The van der Waals surface area contributed by atoms with E-state index < -0.39 is 136 Å². The molecule has 8 rings (SSSR count). The number of para-hydroxylation sites is 3. The van der Waals surface area contributed by atoms with Gasteiger partial charge in [-0.1, -0.05) is 65.9 Å². The molecule has 4 atom stereocenters. The van der Waals surface area contributed by atoms with Crippen molar-refractivity contribution in [2.45, 2.75) is 129 Å².